The van der Waals surface area contributed by atoms with Gasteiger partial charge in [0.2, 0.25) is 5.78 Å². The van der Waals surface area contributed by atoms with Crippen LogP contribution in [-0.4, -0.2) is 25.0 Å². The molecule has 1 fully saturated rings. The van der Waals surface area contributed by atoms with Gasteiger partial charge in [-0.2, -0.15) is 31.6 Å². The number of ketones is 1. The lowest BCUT2D eigenvalue weighted by molar-refractivity contribution is -0.143. The predicted molar refractivity (Wildman–Crippen MR) is 76.8 cm³/mol. The van der Waals surface area contributed by atoms with Gasteiger partial charge in [0.15, 0.2) is 0 Å². The van der Waals surface area contributed by atoms with Crippen molar-refractivity contribution < 1.29 is 35.9 Å². The summed E-state index contributed by atoms with van der Waals surface area (Å²) >= 11 is 0. The van der Waals surface area contributed by atoms with Crippen LogP contribution in [0.2, 0.25) is 0 Å². The number of rotatable bonds is 2. The zero-order valence-corrected chi connectivity index (χ0v) is 13.3. The maximum atomic E-state index is 12.9. The Bertz CT molecular complexity index is 757. The number of allylic oxidation sites excluding steroid dienone is 1. The second-order valence-corrected chi connectivity index (χ2v) is 5.46. The first-order valence-electron chi connectivity index (χ1n) is 7.29. The van der Waals surface area contributed by atoms with Crippen molar-refractivity contribution in [2.45, 2.75) is 25.4 Å². The van der Waals surface area contributed by atoms with Crippen LogP contribution in [0.4, 0.5) is 26.3 Å². The van der Waals surface area contributed by atoms with Crippen molar-refractivity contribution in [1.29, 1.82) is 5.26 Å². The van der Waals surface area contributed by atoms with E-state index in [1.807, 2.05) is 0 Å². The summed E-state index contributed by atoms with van der Waals surface area (Å²) in [5.74, 6) is -1.25. The third-order valence-corrected chi connectivity index (χ3v) is 3.65. The van der Waals surface area contributed by atoms with Crippen molar-refractivity contribution in [1.82, 2.24) is 5.32 Å². The van der Waals surface area contributed by atoms with Crippen LogP contribution in [0.1, 0.15) is 28.4 Å². The fourth-order valence-electron chi connectivity index (χ4n) is 2.40. The molecule has 1 saturated heterocycles. The van der Waals surface area contributed by atoms with Gasteiger partial charge in [-0.05, 0) is 25.1 Å². The minimum atomic E-state index is -5.09. The van der Waals surface area contributed by atoms with E-state index in [0.717, 1.165) is 0 Å². The van der Waals surface area contributed by atoms with E-state index in [9.17, 15) is 36.4 Å². The van der Waals surface area contributed by atoms with Gasteiger partial charge in [0, 0.05) is 12.1 Å². The van der Waals surface area contributed by atoms with E-state index in [-0.39, 0.29) is 24.9 Å². The number of morpholine rings is 1. The predicted octanol–water partition coefficient (Wildman–Crippen LogP) is 3.69. The van der Waals surface area contributed by atoms with Gasteiger partial charge in [0.1, 0.15) is 11.6 Å². The monoisotopic (exact) mass is 378 g/mol. The minimum Gasteiger partial charge on any atom is -0.383 e. The van der Waals surface area contributed by atoms with Gasteiger partial charge >= 0.3 is 12.4 Å². The van der Waals surface area contributed by atoms with Gasteiger partial charge in [0.25, 0.3) is 0 Å². The molecular formula is C16H12F6N2O2. The van der Waals surface area contributed by atoms with E-state index in [1.54, 1.807) is 6.07 Å². The first kappa shape index (κ1) is 19.8. The van der Waals surface area contributed by atoms with E-state index in [0.29, 0.717) is 12.1 Å². The Hall–Kier alpha value is -2.54. The van der Waals surface area contributed by atoms with Crippen LogP contribution in [-0.2, 0) is 17.1 Å². The van der Waals surface area contributed by atoms with Crippen LogP contribution >= 0.6 is 0 Å². The normalized spacial score (nSPS) is 20.2. The number of hydrogen-bond donors (Lipinski definition) is 1. The second kappa shape index (κ2) is 6.99. The summed E-state index contributed by atoms with van der Waals surface area (Å²) < 4.78 is 82.7. The summed E-state index contributed by atoms with van der Waals surface area (Å²) in [5.41, 5.74) is -4.70. The molecule has 0 radical (unpaired) electrons. The van der Waals surface area contributed by atoms with E-state index < -0.39 is 46.5 Å². The zero-order valence-electron chi connectivity index (χ0n) is 13.3. The molecule has 1 aromatic rings. The van der Waals surface area contributed by atoms with Crippen molar-refractivity contribution in [3.63, 3.8) is 0 Å². The number of nitrogens with one attached hydrogen (secondary N) is 1. The molecule has 1 atom stereocenters. The molecule has 0 aliphatic carbocycles. The fourth-order valence-corrected chi connectivity index (χ4v) is 2.40. The zero-order chi connectivity index (χ0) is 19.7. The van der Waals surface area contributed by atoms with E-state index >= 15 is 0 Å². The van der Waals surface area contributed by atoms with E-state index in [1.165, 1.54) is 6.92 Å². The van der Waals surface area contributed by atoms with Crippen molar-refractivity contribution in [2.75, 3.05) is 13.2 Å². The number of carbonyl (C=O) groups is 1. The van der Waals surface area contributed by atoms with Crippen LogP contribution in [0.25, 0.3) is 0 Å². The van der Waals surface area contributed by atoms with Gasteiger partial charge in [-0.15, -0.1) is 0 Å². The first-order valence-corrected chi connectivity index (χ1v) is 7.29. The highest BCUT2D eigenvalue weighted by Gasteiger charge is 2.38. The molecule has 2 rings (SSSR count). The number of carbonyl (C=O) groups excluding carboxylic acids is 1. The van der Waals surface area contributed by atoms with Gasteiger partial charge in [-0.25, -0.2) is 0 Å². The molecular weight excluding hydrogens is 366 g/mol. The van der Waals surface area contributed by atoms with E-state index in [4.69, 9.17) is 4.74 Å². The van der Waals surface area contributed by atoms with Crippen LogP contribution in [0.3, 0.4) is 0 Å². The molecule has 0 saturated carbocycles. The van der Waals surface area contributed by atoms with Crippen molar-refractivity contribution in [2.24, 2.45) is 0 Å². The van der Waals surface area contributed by atoms with Crippen LogP contribution < -0.4 is 5.32 Å². The lowest BCUT2D eigenvalue weighted by Crippen LogP contribution is -2.36. The quantitative estimate of drug-likeness (QED) is 0.369. The molecule has 1 aliphatic heterocycles. The van der Waals surface area contributed by atoms with Crippen molar-refractivity contribution in [3.8, 4) is 6.07 Å². The number of nitriles is 1. The summed E-state index contributed by atoms with van der Waals surface area (Å²) in [6, 6.07) is 2.05. The molecule has 1 heterocycles. The summed E-state index contributed by atoms with van der Waals surface area (Å²) in [7, 11) is 0. The molecule has 140 valence electrons. The second-order valence-electron chi connectivity index (χ2n) is 5.46. The Kier molecular flexibility index (Phi) is 5.32. The van der Waals surface area contributed by atoms with Gasteiger partial charge < -0.3 is 10.1 Å². The smallest absolute Gasteiger partial charge is 0.383 e. The molecule has 0 bridgehead atoms. The fraction of sp³-hybridized carbons (Fsp3) is 0.375. The van der Waals surface area contributed by atoms with Crippen molar-refractivity contribution in [3.05, 3.63) is 46.2 Å². The highest BCUT2D eigenvalue weighted by molar-refractivity contribution is 6.12. The molecule has 1 N–H and O–H groups in total. The molecule has 1 aliphatic rings. The van der Waals surface area contributed by atoms with Gasteiger partial charge in [-0.1, -0.05) is 0 Å². The number of alkyl halides is 6. The van der Waals surface area contributed by atoms with Gasteiger partial charge in [-0.3, -0.25) is 4.79 Å². The Morgan fingerprint density at radius 2 is 1.69 bits per heavy atom. The number of Topliss-reactive ketones (excluding diaryl/α,β-unsaturated/α-hetero) is 1. The maximum Gasteiger partial charge on any atom is 0.416 e. The average Bonchev–Trinajstić information content (AvgIpc) is 2.55. The largest absolute Gasteiger partial charge is 0.416 e. The van der Waals surface area contributed by atoms with Gasteiger partial charge in [0.05, 0.1) is 29.5 Å². The number of halogens is 6. The molecule has 1 aromatic carbocycles. The summed E-state index contributed by atoms with van der Waals surface area (Å²) in [5, 5.41) is 11.9. The summed E-state index contributed by atoms with van der Waals surface area (Å²) in [4.78, 5) is 12.5. The van der Waals surface area contributed by atoms with E-state index in [2.05, 4.69) is 5.32 Å². The Morgan fingerprint density at radius 1 is 1.15 bits per heavy atom. The number of ether oxygens (including phenoxy) is 1. The first-order chi connectivity index (χ1) is 11.9. The molecule has 10 heteroatoms. The molecule has 4 nitrogen and oxygen atoms in total. The number of hydrogen-bond acceptors (Lipinski definition) is 4. The third kappa shape index (κ3) is 4.16. The topological polar surface area (TPSA) is 62.1 Å². The van der Waals surface area contributed by atoms with Crippen LogP contribution in [0.5, 0.6) is 0 Å². The SMILES string of the molecule is CC1OCCN/C1=C(/C#N)C(=O)c1cc(C(F)(F)F)cc(C(F)(F)F)c1. The number of nitrogens with zero attached hydrogens (tertiary/aromatic N) is 1. The van der Waals surface area contributed by atoms with Crippen molar-refractivity contribution >= 4 is 5.78 Å². The highest BCUT2D eigenvalue weighted by atomic mass is 19.4. The molecule has 0 spiro atoms. The standard InChI is InChI=1S/C16H12F6N2O2/c1-8-13(24-2-3-26-8)12(7-23)14(25)9-4-10(15(17,18)19)6-11(5-9)16(20,21)22/h4-6,8,24H,2-3H2,1H3/b13-12-. The summed E-state index contributed by atoms with van der Waals surface area (Å²) in [6.45, 7) is 2.02. The Balaban J connectivity index is 2.61. The minimum absolute atomic E-state index is 0.0229. The number of benzene rings is 1. The summed E-state index contributed by atoms with van der Waals surface area (Å²) in [6.07, 6.45) is -10.9. The third-order valence-electron chi connectivity index (χ3n) is 3.65. The van der Waals surface area contributed by atoms with Crippen LogP contribution in [0.15, 0.2) is 29.5 Å². The Labute approximate surface area is 144 Å². The molecule has 0 amide bonds. The lowest BCUT2D eigenvalue weighted by atomic mass is 9.96. The molecule has 1 unspecified atom stereocenters. The molecule has 0 aromatic heterocycles. The lowest BCUT2D eigenvalue weighted by Gasteiger charge is -2.25. The van der Waals surface area contributed by atoms with Crippen LogP contribution in [0, 0.1) is 11.3 Å². The average molecular weight is 378 g/mol. The molecule has 26 heavy (non-hydrogen) atoms. The maximum absolute atomic E-state index is 12.9. The highest BCUT2D eigenvalue weighted by Crippen LogP contribution is 2.36. The Morgan fingerprint density at radius 3 is 2.12 bits per heavy atom.